The Kier molecular flexibility index (Phi) is 9.02. The van der Waals surface area contributed by atoms with Crippen LogP contribution in [0, 0.1) is 0 Å². The van der Waals surface area contributed by atoms with Crippen LogP contribution in [0.2, 0.25) is 0 Å². The van der Waals surface area contributed by atoms with Gasteiger partial charge in [-0.15, -0.1) is 0 Å². The van der Waals surface area contributed by atoms with Gasteiger partial charge in [0.2, 0.25) is 0 Å². The molecule has 0 aromatic carbocycles. The molecule has 18 heavy (non-hydrogen) atoms. The quantitative estimate of drug-likeness (QED) is 0.481. The Morgan fingerprint density at radius 2 is 1.94 bits per heavy atom. The molecule has 0 bridgehead atoms. The average Bonchev–Trinajstić information content (AvgIpc) is 2.34. The van der Waals surface area contributed by atoms with Crippen molar-refractivity contribution in [2.45, 2.75) is 52.0 Å². The lowest BCUT2D eigenvalue weighted by molar-refractivity contribution is -0.148. The number of hydrogen-bond acceptors (Lipinski definition) is 4. The molecule has 0 aliphatic heterocycles. The van der Waals surface area contributed by atoms with Gasteiger partial charge in [0.15, 0.2) is 0 Å². The lowest BCUT2D eigenvalue weighted by Crippen LogP contribution is -2.50. The van der Waals surface area contributed by atoms with E-state index in [9.17, 15) is 4.79 Å². The van der Waals surface area contributed by atoms with E-state index in [2.05, 4.69) is 24.2 Å². The molecule has 1 N–H and O–H groups in total. The third-order valence-electron chi connectivity index (χ3n) is 3.27. The Bertz CT molecular complexity index is 234. The minimum absolute atomic E-state index is 0.161. The molecule has 4 nitrogen and oxygen atoms in total. The molecule has 4 heteroatoms. The van der Waals surface area contributed by atoms with Gasteiger partial charge in [-0.1, -0.05) is 13.8 Å². The molecule has 0 saturated carbocycles. The normalized spacial score (nSPS) is 14.6. The molecule has 0 aromatic rings. The Hall–Kier alpha value is -0.610. The van der Waals surface area contributed by atoms with Crippen LogP contribution >= 0.6 is 0 Å². The summed E-state index contributed by atoms with van der Waals surface area (Å²) in [5.41, 5.74) is -0.535. The minimum atomic E-state index is -0.535. The number of rotatable bonds is 10. The first-order valence-corrected chi connectivity index (χ1v) is 7.02. The molecular weight excluding hydrogens is 228 g/mol. The van der Waals surface area contributed by atoms with Gasteiger partial charge < -0.3 is 15.0 Å². The molecule has 0 saturated heterocycles. The molecule has 0 aliphatic rings. The highest BCUT2D eigenvalue weighted by atomic mass is 16.5. The summed E-state index contributed by atoms with van der Waals surface area (Å²) in [4.78, 5) is 14.1. The van der Waals surface area contributed by atoms with Gasteiger partial charge in [-0.2, -0.15) is 0 Å². The highest BCUT2D eigenvalue weighted by Gasteiger charge is 2.32. The van der Waals surface area contributed by atoms with Crippen molar-refractivity contribution in [3.8, 4) is 0 Å². The van der Waals surface area contributed by atoms with E-state index >= 15 is 0 Å². The van der Waals surface area contributed by atoms with Crippen molar-refractivity contribution >= 4 is 5.97 Å². The van der Waals surface area contributed by atoms with Gasteiger partial charge in [0, 0.05) is 0 Å². The van der Waals surface area contributed by atoms with Crippen LogP contribution < -0.4 is 5.32 Å². The van der Waals surface area contributed by atoms with Gasteiger partial charge >= 0.3 is 5.97 Å². The number of unbranched alkanes of at least 4 members (excludes halogenated alkanes) is 1. The maximum atomic E-state index is 11.8. The number of carbonyl (C=O) groups is 1. The second kappa shape index (κ2) is 9.34. The summed E-state index contributed by atoms with van der Waals surface area (Å²) in [5, 5.41) is 3.23. The van der Waals surface area contributed by atoms with Crippen molar-refractivity contribution < 1.29 is 9.53 Å². The van der Waals surface area contributed by atoms with E-state index in [1.807, 2.05) is 13.8 Å². The van der Waals surface area contributed by atoms with E-state index in [1.165, 1.54) is 13.5 Å². The zero-order chi connectivity index (χ0) is 14.0. The van der Waals surface area contributed by atoms with Gasteiger partial charge in [-0.3, -0.25) is 4.79 Å². The highest BCUT2D eigenvalue weighted by Crippen LogP contribution is 2.16. The molecule has 0 aliphatic carbocycles. The summed E-state index contributed by atoms with van der Waals surface area (Å²) < 4.78 is 4.87. The summed E-state index contributed by atoms with van der Waals surface area (Å²) >= 11 is 0. The van der Waals surface area contributed by atoms with Gasteiger partial charge in [0.25, 0.3) is 0 Å². The van der Waals surface area contributed by atoms with E-state index < -0.39 is 5.54 Å². The molecule has 0 spiro atoms. The lowest BCUT2D eigenvalue weighted by Gasteiger charge is -2.27. The van der Waals surface area contributed by atoms with Gasteiger partial charge in [0.05, 0.1) is 7.11 Å². The number of nitrogens with one attached hydrogen (secondary N) is 1. The molecule has 0 rings (SSSR count). The fraction of sp³-hybridized carbons (Fsp3) is 0.929. The predicted octanol–water partition coefficient (Wildman–Crippen LogP) is 2.04. The zero-order valence-corrected chi connectivity index (χ0v) is 12.7. The average molecular weight is 258 g/mol. The first-order chi connectivity index (χ1) is 8.50. The largest absolute Gasteiger partial charge is 0.468 e. The molecule has 0 amide bonds. The predicted molar refractivity (Wildman–Crippen MR) is 75.7 cm³/mol. The van der Waals surface area contributed by atoms with Gasteiger partial charge in [0.1, 0.15) is 5.54 Å². The van der Waals surface area contributed by atoms with Crippen LogP contribution in [0.15, 0.2) is 0 Å². The molecule has 108 valence electrons. The van der Waals surface area contributed by atoms with E-state index in [1.54, 1.807) is 0 Å². The van der Waals surface area contributed by atoms with Crippen molar-refractivity contribution in [1.29, 1.82) is 0 Å². The van der Waals surface area contributed by atoms with Crippen LogP contribution in [0.5, 0.6) is 0 Å². The maximum Gasteiger partial charge on any atom is 0.325 e. The van der Waals surface area contributed by atoms with Gasteiger partial charge in [-0.05, 0) is 59.3 Å². The summed E-state index contributed by atoms with van der Waals surface area (Å²) in [6, 6.07) is 0. The van der Waals surface area contributed by atoms with Crippen LogP contribution in [-0.2, 0) is 9.53 Å². The van der Waals surface area contributed by atoms with Crippen LogP contribution in [0.4, 0.5) is 0 Å². The Morgan fingerprint density at radius 3 is 2.44 bits per heavy atom. The topological polar surface area (TPSA) is 41.6 Å². The molecule has 1 atom stereocenters. The molecule has 0 radical (unpaired) electrons. The number of methoxy groups -OCH3 is 1. The Morgan fingerprint density at radius 1 is 1.28 bits per heavy atom. The van der Waals surface area contributed by atoms with Crippen molar-refractivity contribution in [3.05, 3.63) is 0 Å². The highest BCUT2D eigenvalue weighted by molar-refractivity contribution is 5.80. The molecule has 1 unspecified atom stereocenters. The fourth-order valence-electron chi connectivity index (χ4n) is 2.23. The van der Waals surface area contributed by atoms with E-state index in [0.29, 0.717) is 0 Å². The fourth-order valence-corrected chi connectivity index (χ4v) is 2.23. The standard InChI is InChI=1S/C14H30N2O2/c1-6-11-16(4)12-9-8-10-14(3,15-7-2)13(17)18-5/h15H,6-12H2,1-5H3. The number of nitrogens with zero attached hydrogens (tertiary/aromatic N) is 1. The summed E-state index contributed by atoms with van der Waals surface area (Å²) in [5.74, 6) is -0.161. The zero-order valence-electron chi connectivity index (χ0n) is 12.7. The SMILES string of the molecule is CCCN(C)CCCCC(C)(NCC)C(=O)OC. The van der Waals surface area contributed by atoms with E-state index in [-0.39, 0.29) is 5.97 Å². The van der Waals surface area contributed by atoms with Crippen LogP contribution in [0.3, 0.4) is 0 Å². The lowest BCUT2D eigenvalue weighted by atomic mass is 9.94. The minimum Gasteiger partial charge on any atom is -0.468 e. The number of ether oxygens (including phenoxy) is 1. The summed E-state index contributed by atoms with van der Waals surface area (Å²) in [6.45, 7) is 9.14. The van der Waals surface area contributed by atoms with Crippen molar-refractivity contribution in [2.24, 2.45) is 0 Å². The van der Waals surface area contributed by atoms with Crippen molar-refractivity contribution in [2.75, 3.05) is 33.8 Å². The number of hydrogen-bond donors (Lipinski definition) is 1. The van der Waals surface area contributed by atoms with E-state index in [4.69, 9.17) is 4.74 Å². The van der Waals surface area contributed by atoms with Crippen LogP contribution in [0.1, 0.15) is 46.5 Å². The van der Waals surface area contributed by atoms with Crippen LogP contribution in [0.25, 0.3) is 0 Å². The molecule has 0 fully saturated rings. The molecular formula is C14H30N2O2. The number of carbonyl (C=O) groups excluding carboxylic acids is 1. The maximum absolute atomic E-state index is 11.8. The van der Waals surface area contributed by atoms with Crippen molar-refractivity contribution in [1.82, 2.24) is 10.2 Å². The molecule has 0 heterocycles. The Balaban J connectivity index is 4.01. The smallest absolute Gasteiger partial charge is 0.325 e. The number of esters is 1. The molecule has 0 aromatic heterocycles. The Labute approximate surface area is 112 Å². The first-order valence-electron chi connectivity index (χ1n) is 7.02. The third-order valence-corrected chi connectivity index (χ3v) is 3.27. The summed E-state index contributed by atoms with van der Waals surface area (Å²) in [6.07, 6.45) is 4.17. The summed E-state index contributed by atoms with van der Waals surface area (Å²) in [7, 11) is 3.60. The second-order valence-corrected chi connectivity index (χ2v) is 5.11. The van der Waals surface area contributed by atoms with Crippen LogP contribution in [-0.4, -0.2) is 50.2 Å². The van der Waals surface area contributed by atoms with Gasteiger partial charge in [-0.25, -0.2) is 0 Å². The second-order valence-electron chi connectivity index (χ2n) is 5.11. The first kappa shape index (κ1) is 17.4. The van der Waals surface area contributed by atoms with Crippen molar-refractivity contribution in [3.63, 3.8) is 0 Å². The number of likely N-dealkylation sites (N-methyl/N-ethyl adjacent to an activating group) is 1. The van der Waals surface area contributed by atoms with E-state index in [0.717, 1.165) is 38.9 Å². The monoisotopic (exact) mass is 258 g/mol. The third kappa shape index (κ3) is 6.36.